The van der Waals surface area contributed by atoms with E-state index in [1.54, 1.807) is 12.1 Å². The van der Waals surface area contributed by atoms with Gasteiger partial charge in [-0.1, -0.05) is 35.9 Å². The molecule has 0 radical (unpaired) electrons. The molecular formula is C13H13ClO. The Bertz CT molecular complexity index is 388. The summed E-state index contributed by atoms with van der Waals surface area (Å²) in [4.78, 5) is 10.8. The van der Waals surface area contributed by atoms with Gasteiger partial charge < -0.3 is 0 Å². The monoisotopic (exact) mass is 220 g/mol. The van der Waals surface area contributed by atoms with Crippen LogP contribution in [0.2, 0.25) is 5.02 Å². The lowest BCUT2D eigenvalue weighted by molar-refractivity contribution is -0.104. The maximum atomic E-state index is 10.8. The van der Waals surface area contributed by atoms with E-state index in [2.05, 4.69) is 6.58 Å². The van der Waals surface area contributed by atoms with Crippen molar-refractivity contribution >= 4 is 24.0 Å². The van der Waals surface area contributed by atoms with Gasteiger partial charge in [0.2, 0.25) is 0 Å². The fourth-order valence-corrected chi connectivity index (χ4v) is 1.37. The van der Waals surface area contributed by atoms with Crippen molar-refractivity contribution in [3.05, 3.63) is 52.6 Å². The molecule has 0 aliphatic carbocycles. The Morgan fingerprint density at radius 3 is 2.47 bits per heavy atom. The van der Waals surface area contributed by atoms with E-state index in [0.29, 0.717) is 11.4 Å². The van der Waals surface area contributed by atoms with Crippen molar-refractivity contribution in [2.75, 3.05) is 0 Å². The predicted molar refractivity (Wildman–Crippen MR) is 64.9 cm³/mol. The zero-order valence-corrected chi connectivity index (χ0v) is 9.42. The van der Waals surface area contributed by atoms with Crippen molar-refractivity contribution in [1.82, 2.24) is 0 Å². The van der Waals surface area contributed by atoms with E-state index in [-0.39, 0.29) is 0 Å². The van der Waals surface area contributed by atoms with Crippen LogP contribution in [0.15, 0.2) is 42.0 Å². The molecule has 2 heteroatoms. The van der Waals surface area contributed by atoms with Crippen LogP contribution in [0.1, 0.15) is 18.9 Å². The lowest BCUT2D eigenvalue weighted by Crippen LogP contribution is -1.86. The van der Waals surface area contributed by atoms with Gasteiger partial charge >= 0.3 is 0 Å². The summed E-state index contributed by atoms with van der Waals surface area (Å²) >= 11 is 5.76. The second-order valence-electron chi connectivity index (χ2n) is 3.52. The molecule has 1 aromatic rings. The fourth-order valence-electron chi connectivity index (χ4n) is 1.25. The summed E-state index contributed by atoms with van der Waals surface area (Å²) in [5, 5.41) is 0.694. The number of benzene rings is 1. The van der Waals surface area contributed by atoms with E-state index < -0.39 is 0 Å². The molecule has 15 heavy (non-hydrogen) atoms. The number of aldehydes is 1. The van der Waals surface area contributed by atoms with Gasteiger partial charge in [0.1, 0.15) is 6.29 Å². The Labute approximate surface area is 95.1 Å². The van der Waals surface area contributed by atoms with Crippen molar-refractivity contribution in [2.24, 2.45) is 0 Å². The van der Waals surface area contributed by atoms with Gasteiger partial charge in [0.15, 0.2) is 0 Å². The first-order valence-electron chi connectivity index (χ1n) is 4.67. The van der Waals surface area contributed by atoms with Crippen LogP contribution in [0.25, 0.3) is 6.08 Å². The van der Waals surface area contributed by atoms with Crippen molar-refractivity contribution in [2.45, 2.75) is 13.3 Å². The zero-order chi connectivity index (χ0) is 11.3. The highest BCUT2D eigenvalue weighted by Gasteiger charge is 1.97. The van der Waals surface area contributed by atoms with Crippen LogP contribution in [0, 0.1) is 0 Å². The summed E-state index contributed by atoms with van der Waals surface area (Å²) in [6, 6.07) is 7.36. The first-order chi connectivity index (χ1) is 7.11. The quantitative estimate of drug-likeness (QED) is 0.428. The number of carbonyl (C=O) groups excluding carboxylic acids is 1. The third-order valence-electron chi connectivity index (χ3n) is 1.88. The molecule has 0 amide bonds. The van der Waals surface area contributed by atoms with Gasteiger partial charge in [-0.25, -0.2) is 0 Å². The van der Waals surface area contributed by atoms with Crippen LogP contribution < -0.4 is 0 Å². The zero-order valence-electron chi connectivity index (χ0n) is 8.66. The summed E-state index contributed by atoms with van der Waals surface area (Å²) in [5.74, 6) is 0. The molecule has 1 rings (SSSR count). The molecule has 0 spiro atoms. The molecule has 0 atom stereocenters. The second-order valence-corrected chi connectivity index (χ2v) is 3.96. The van der Waals surface area contributed by atoms with Gasteiger partial charge in [0, 0.05) is 5.02 Å². The molecule has 0 aliphatic rings. The van der Waals surface area contributed by atoms with Crippen LogP contribution in [0.4, 0.5) is 0 Å². The molecule has 1 nitrogen and oxygen atoms in total. The van der Waals surface area contributed by atoms with Gasteiger partial charge in [-0.05, 0) is 42.7 Å². The van der Waals surface area contributed by atoms with Gasteiger partial charge in [-0.2, -0.15) is 0 Å². The van der Waals surface area contributed by atoms with Crippen molar-refractivity contribution < 1.29 is 4.79 Å². The Kier molecular flexibility index (Phi) is 4.32. The Morgan fingerprint density at radius 2 is 2.00 bits per heavy atom. The average Bonchev–Trinajstić information content (AvgIpc) is 2.19. The normalized spacial score (nSPS) is 11.2. The van der Waals surface area contributed by atoms with Crippen molar-refractivity contribution in [3.8, 4) is 0 Å². The molecule has 0 heterocycles. The highest BCUT2D eigenvalue weighted by molar-refractivity contribution is 6.30. The first kappa shape index (κ1) is 11.7. The molecule has 0 unspecified atom stereocenters. The summed E-state index contributed by atoms with van der Waals surface area (Å²) in [5.41, 5.74) is 2.68. The summed E-state index contributed by atoms with van der Waals surface area (Å²) in [6.45, 7) is 5.68. The molecule has 0 saturated carbocycles. The number of hydrogen-bond donors (Lipinski definition) is 0. The first-order valence-corrected chi connectivity index (χ1v) is 5.05. The number of allylic oxidation sites excluding steroid dienone is 2. The minimum atomic E-state index is 0.617. The van der Waals surface area contributed by atoms with Gasteiger partial charge in [0.05, 0.1) is 0 Å². The molecule has 78 valence electrons. The standard InChI is InChI=1S/C13H13ClO/c1-10(2)7-12(9-15)8-11-3-5-13(14)6-4-11/h3-6,8-9H,1,7H2,2H3/b12-8-. The molecule has 0 bridgehead atoms. The maximum Gasteiger partial charge on any atom is 0.146 e. The molecular weight excluding hydrogens is 208 g/mol. The average molecular weight is 221 g/mol. The van der Waals surface area contributed by atoms with Crippen molar-refractivity contribution in [1.29, 1.82) is 0 Å². The Morgan fingerprint density at radius 1 is 1.40 bits per heavy atom. The van der Waals surface area contributed by atoms with Crippen LogP contribution in [0.3, 0.4) is 0 Å². The van der Waals surface area contributed by atoms with E-state index in [1.165, 1.54) is 0 Å². The summed E-state index contributed by atoms with van der Waals surface area (Å²) in [7, 11) is 0. The second kappa shape index (κ2) is 5.52. The highest BCUT2D eigenvalue weighted by Crippen LogP contribution is 2.14. The van der Waals surface area contributed by atoms with E-state index >= 15 is 0 Å². The van der Waals surface area contributed by atoms with Gasteiger partial charge in [-0.3, -0.25) is 4.79 Å². The number of hydrogen-bond acceptors (Lipinski definition) is 1. The Balaban J connectivity index is 2.87. The largest absolute Gasteiger partial charge is 0.298 e. The van der Waals surface area contributed by atoms with Gasteiger partial charge in [0.25, 0.3) is 0 Å². The molecule has 0 aromatic heterocycles. The van der Waals surface area contributed by atoms with Crippen LogP contribution in [-0.4, -0.2) is 6.29 Å². The third-order valence-corrected chi connectivity index (χ3v) is 2.13. The Hall–Kier alpha value is -1.34. The number of carbonyl (C=O) groups is 1. The van der Waals surface area contributed by atoms with E-state index in [0.717, 1.165) is 23.0 Å². The summed E-state index contributed by atoms with van der Waals surface area (Å²) in [6.07, 6.45) is 3.33. The third kappa shape index (κ3) is 4.13. The van der Waals surface area contributed by atoms with E-state index in [1.807, 2.05) is 25.1 Å². The molecule has 0 fully saturated rings. The lowest BCUT2D eigenvalue weighted by Gasteiger charge is -1.99. The predicted octanol–water partition coefficient (Wildman–Crippen LogP) is 3.89. The fraction of sp³-hybridized carbons (Fsp3) is 0.154. The smallest absolute Gasteiger partial charge is 0.146 e. The number of rotatable bonds is 4. The molecule has 0 aliphatic heterocycles. The highest BCUT2D eigenvalue weighted by atomic mass is 35.5. The molecule has 1 aromatic carbocycles. The topological polar surface area (TPSA) is 17.1 Å². The minimum Gasteiger partial charge on any atom is -0.298 e. The van der Waals surface area contributed by atoms with Crippen molar-refractivity contribution in [3.63, 3.8) is 0 Å². The number of halogens is 1. The van der Waals surface area contributed by atoms with Gasteiger partial charge in [-0.15, -0.1) is 0 Å². The maximum absolute atomic E-state index is 10.8. The van der Waals surface area contributed by atoms with E-state index in [4.69, 9.17) is 11.6 Å². The lowest BCUT2D eigenvalue weighted by atomic mass is 10.1. The minimum absolute atomic E-state index is 0.617. The molecule has 0 N–H and O–H groups in total. The molecule has 0 saturated heterocycles. The van der Waals surface area contributed by atoms with Crippen LogP contribution >= 0.6 is 11.6 Å². The van der Waals surface area contributed by atoms with Crippen LogP contribution in [0.5, 0.6) is 0 Å². The van der Waals surface area contributed by atoms with E-state index in [9.17, 15) is 4.79 Å². The SMILES string of the molecule is C=C(C)C/C(C=O)=C/c1ccc(Cl)cc1. The summed E-state index contributed by atoms with van der Waals surface area (Å²) < 4.78 is 0. The van der Waals surface area contributed by atoms with Crippen LogP contribution in [-0.2, 0) is 4.79 Å².